The summed E-state index contributed by atoms with van der Waals surface area (Å²) in [6.07, 6.45) is -3.06. The molecule has 0 spiro atoms. The van der Waals surface area contributed by atoms with E-state index in [0.717, 1.165) is 6.26 Å². The molecule has 0 radical (unpaired) electrons. The molecule has 5 N–H and O–H groups in total. The fraction of sp³-hybridized carbons (Fsp3) is 0.550. The summed E-state index contributed by atoms with van der Waals surface area (Å²) in [5.74, 6) is 3.75. The van der Waals surface area contributed by atoms with Crippen LogP contribution >= 0.6 is 0 Å². The number of nitrogens with two attached hydrogens (primary N) is 1. The molecule has 2 aromatic heterocycles. The second-order valence-corrected chi connectivity index (χ2v) is 10.3. The van der Waals surface area contributed by atoms with Crippen LogP contribution in [0.1, 0.15) is 19.0 Å². The molecule has 2 aliphatic heterocycles. The van der Waals surface area contributed by atoms with Gasteiger partial charge in [0.05, 0.1) is 12.6 Å². The third kappa shape index (κ3) is 4.96. The van der Waals surface area contributed by atoms with Crippen LogP contribution in [0.25, 0.3) is 11.2 Å². The highest BCUT2D eigenvalue weighted by Gasteiger charge is 2.47. The molecule has 2 aromatic rings. The maximum Gasteiger partial charge on any atom is 0.299 e. The van der Waals surface area contributed by atoms with E-state index in [4.69, 9.17) is 10.5 Å². The smallest absolute Gasteiger partial charge is 0.299 e. The number of nitrogens with zero attached hydrogens (tertiary/aromatic N) is 6. The predicted octanol–water partition coefficient (Wildman–Crippen LogP) is -3.38. The Morgan fingerprint density at radius 2 is 1.92 bits per heavy atom. The van der Waals surface area contributed by atoms with Crippen molar-refractivity contribution in [2.24, 2.45) is 0 Å². The molecule has 2 aliphatic rings. The Kier molecular flexibility index (Phi) is 7.11. The van der Waals surface area contributed by atoms with Crippen LogP contribution in [0.4, 0.5) is 5.82 Å². The Morgan fingerprint density at radius 1 is 1.22 bits per heavy atom. The van der Waals surface area contributed by atoms with Gasteiger partial charge in [-0.15, -0.1) is 0 Å². The predicted molar refractivity (Wildman–Crippen MR) is 124 cm³/mol. The number of amides is 2. The monoisotopic (exact) mass is 522 g/mol. The summed E-state index contributed by atoms with van der Waals surface area (Å²) in [7, 11) is -3.33. The molecule has 4 heterocycles. The van der Waals surface area contributed by atoms with Gasteiger partial charge in [0.15, 0.2) is 23.8 Å². The Morgan fingerprint density at radius 3 is 2.56 bits per heavy atom. The van der Waals surface area contributed by atoms with Crippen molar-refractivity contribution >= 4 is 38.8 Å². The number of fused-ring (bicyclic) bond motifs is 1. The third-order valence-electron chi connectivity index (χ3n) is 5.85. The molecule has 4 rings (SSSR count). The number of anilines is 1. The minimum Gasteiger partial charge on any atom is -0.387 e. The van der Waals surface area contributed by atoms with Crippen LogP contribution in [-0.4, -0.2) is 116 Å². The van der Waals surface area contributed by atoms with Crippen molar-refractivity contribution in [3.8, 4) is 11.8 Å². The van der Waals surface area contributed by atoms with E-state index < -0.39 is 46.4 Å². The van der Waals surface area contributed by atoms with Gasteiger partial charge in [-0.1, -0.05) is 0 Å². The number of aliphatic hydroxyl groups is 2. The van der Waals surface area contributed by atoms with Crippen molar-refractivity contribution < 1.29 is 33.0 Å². The first kappa shape index (κ1) is 25.7. The number of hydrogen-bond donors (Lipinski definition) is 4. The first-order chi connectivity index (χ1) is 17.0. The molecule has 4 atom stereocenters. The fourth-order valence-corrected chi connectivity index (χ4v) is 4.80. The van der Waals surface area contributed by atoms with Gasteiger partial charge < -0.3 is 30.9 Å². The molecule has 2 amide bonds. The van der Waals surface area contributed by atoms with E-state index in [1.807, 2.05) is 0 Å². The second kappa shape index (κ2) is 9.95. The number of hydrogen-bond acceptors (Lipinski definition) is 11. The molecular formula is C20H26N8O7S. The minimum absolute atomic E-state index is 0.0365. The van der Waals surface area contributed by atoms with Crippen molar-refractivity contribution in [1.82, 2.24) is 34.0 Å². The van der Waals surface area contributed by atoms with Gasteiger partial charge in [0.1, 0.15) is 17.7 Å². The maximum absolute atomic E-state index is 12.5. The van der Waals surface area contributed by atoms with Crippen molar-refractivity contribution in [2.75, 3.05) is 44.7 Å². The number of piperazine rings is 1. The van der Waals surface area contributed by atoms with Crippen LogP contribution in [-0.2, 0) is 24.3 Å². The summed E-state index contributed by atoms with van der Waals surface area (Å²) in [6, 6.07) is 0. The number of carbonyl (C=O) groups is 2. The van der Waals surface area contributed by atoms with Crippen molar-refractivity contribution in [3.05, 3.63) is 12.2 Å². The standard InChI is InChI=1S/C20H26N8O7S/c1-3-22-19(32)16-14(30)15(31)20(35-16)28-10-23-13-17(21)24-11(25-18(13)28)4-5-12(29)26-6-8-27(9-7-26)36(2,33)34/h10,14-16,20,30-31H,3,6-9H2,1-2H3,(H,22,32)(H2,21,24,25)/t14?,15-,16-,20+/m0/s1. The molecule has 2 fully saturated rings. The molecule has 194 valence electrons. The summed E-state index contributed by atoms with van der Waals surface area (Å²) >= 11 is 0. The molecule has 0 bridgehead atoms. The average Bonchev–Trinajstić information content (AvgIpc) is 3.38. The first-order valence-electron chi connectivity index (χ1n) is 11.1. The second-order valence-electron chi connectivity index (χ2n) is 8.28. The molecule has 0 saturated carbocycles. The number of imidazole rings is 1. The molecule has 36 heavy (non-hydrogen) atoms. The summed E-state index contributed by atoms with van der Waals surface area (Å²) in [5, 5.41) is 23.3. The Bertz CT molecular complexity index is 1340. The maximum atomic E-state index is 12.5. The van der Waals surface area contributed by atoms with Crippen LogP contribution in [0.2, 0.25) is 0 Å². The number of aromatic nitrogens is 4. The molecule has 0 aliphatic carbocycles. The highest BCUT2D eigenvalue weighted by molar-refractivity contribution is 7.88. The summed E-state index contributed by atoms with van der Waals surface area (Å²) in [4.78, 5) is 38.5. The van der Waals surface area contributed by atoms with Crippen LogP contribution in [0.5, 0.6) is 0 Å². The van der Waals surface area contributed by atoms with E-state index in [0.29, 0.717) is 6.54 Å². The number of rotatable bonds is 4. The number of carbonyl (C=O) groups excluding carboxylic acids is 2. The van der Waals surface area contributed by atoms with Gasteiger partial charge in [-0.2, -0.15) is 4.31 Å². The van der Waals surface area contributed by atoms with Crippen LogP contribution in [0.3, 0.4) is 0 Å². The first-order valence-corrected chi connectivity index (χ1v) is 12.9. The van der Waals surface area contributed by atoms with Crippen molar-refractivity contribution in [1.29, 1.82) is 0 Å². The minimum atomic E-state index is -3.33. The van der Waals surface area contributed by atoms with E-state index in [1.165, 1.54) is 20.1 Å². The average molecular weight is 523 g/mol. The van der Waals surface area contributed by atoms with Gasteiger partial charge in [0, 0.05) is 38.6 Å². The molecular weight excluding hydrogens is 496 g/mol. The zero-order chi connectivity index (χ0) is 26.2. The normalized spacial score (nSPS) is 24.9. The van der Waals surface area contributed by atoms with Gasteiger partial charge in [-0.3, -0.25) is 14.2 Å². The lowest BCUT2D eigenvalue weighted by Crippen LogP contribution is -2.50. The largest absolute Gasteiger partial charge is 0.387 e. The van der Waals surface area contributed by atoms with Crippen LogP contribution < -0.4 is 11.1 Å². The quantitative estimate of drug-likeness (QED) is 0.291. The van der Waals surface area contributed by atoms with Crippen LogP contribution in [0, 0.1) is 11.8 Å². The number of nitrogens with one attached hydrogen (secondary N) is 1. The van der Waals surface area contributed by atoms with Crippen molar-refractivity contribution in [2.45, 2.75) is 31.5 Å². The SMILES string of the molecule is CCNC(=O)[C@H]1O[C@@H](n2cnc3c(N)nc(C#CC(=O)N4CCN(S(C)(=O)=O)CC4)nc32)[C@@H](O)C1O. The Balaban J connectivity index is 1.55. The number of likely N-dealkylation sites (N-methyl/N-ethyl adjacent to an activating group) is 1. The van der Waals surface area contributed by atoms with Gasteiger partial charge in [-0.05, 0) is 12.8 Å². The van der Waals surface area contributed by atoms with Gasteiger partial charge in [0.2, 0.25) is 15.8 Å². The summed E-state index contributed by atoms with van der Waals surface area (Å²) in [6.45, 7) is 2.77. The number of aliphatic hydroxyl groups excluding tert-OH is 2. The highest BCUT2D eigenvalue weighted by Crippen LogP contribution is 2.32. The Labute approximate surface area is 206 Å². The number of nitrogen functional groups attached to an aromatic ring is 1. The Hall–Kier alpha value is -3.36. The lowest BCUT2D eigenvalue weighted by Gasteiger charge is -2.31. The van der Waals surface area contributed by atoms with Crippen molar-refractivity contribution in [3.63, 3.8) is 0 Å². The van der Waals surface area contributed by atoms with Gasteiger partial charge >= 0.3 is 0 Å². The molecule has 2 saturated heterocycles. The van der Waals surface area contributed by atoms with Gasteiger partial charge in [0.25, 0.3) is 11.8 Å². The van der Waals surface area contributed by atoms with Gasteiger partial charge in [-0.25, -0.2) is 23.4 Å². The zero-order valence-corrected chi connectivity index (χ0v) is 20.3. The highest BCUT2D eigenvalue weighted by atomic mass is 32.2. The van der Waals surface area contributed by atoms with E-state index in [9.17, 15) is 28.2 Å². The molecule has 15 nitrogen and oxygen atoms in total. The topological polar surface area (TPSA) is 206 Å². The van der Waals surface area contributed by atoms with Crippen LogP contribution in [0.15, 0.2) is 6.33 Å². The molecule has 0 aromatic carbocycles. The summed E-state index contributed by atoms with van der Waals surface area (Å²) in [5.41, 5.74) is 6.28. The zero-order valence-electron chi connectivity index (χ0n) is 19.5. The molecule has 1 unspecified atom stereocenters. The number of ether oxygens (including phenoxy) is 1. The molecule has 16 heteroatoms. The number of sulfonamides is 1. The van der Waals surface area contributed by atoms with E-state index >= 15 is 0 Å². The van der Waals surface area contributed by atoms with E-state index in [1.54, 1.807) is 6.92 Å². The lowest BCUT2D eigenvalue weighted by atomic mass is 10.1. The lowest BCUT2D eigenvalue weighted by molar-refractivity contribution is -0.137. The fourth-order valence-electron chi connectivity index (χ4n) is 3.97. The van der Waals surface area contributed by atoms with E-state index in [-0.39, 0.29) is 49.0 Å². The summed E-state index contributed by atoms with van der Waals surface area (Å²) < 4.78 is 31.5. The third-order valence-corrected chi connectivity index (χ3v) is 7.15. The van der Waals surface area contributed by atoms with E-state index in [2.05, 4.69) is 32.1 Å².